The zero-order valence-electron chi connectivity index (χ0n) is 26.7. The summed E-state index contributed by atoms with van der Waals surface area (Å²) in [5.41, 5.74) is 3.01. The number of carbonyl (C=O) groups is 3. The molecule has 0 saturated carbocycles. The number of nitrogens with one attached hydrogen (secondary N) is 1. The molecule has 2 aromatic rings. The standard InChI is InChI=1S/C31H47N3O8Si/c1-23(34(29(38)41-30(2,3)4)42-43(8,9)31(5,6)7)26(20-35)33(28(37)40-22-25-18-14-11-15-19-25)32-27(36)39-21-24-16-12-10-13-17-24/h10-19,23,26,35H,20-22H2,1-9H3,(H,32,36)/t23-,26+/m0/s1. The first kappa shape index (κ1) is 35.6. The van der Waals surface area contributed by atoms with Gasteiger partial charge < -0.3 is 23.8 Å². The molecule has 0 aliphatic carbocycles. The van der Waals surface area contributed by atoms with Gasteiger partial charge in [-0.2, -0.15) is 5.06 Å². The van der Waals surface area contributed by atoms with Crippen LogP contribution in [0.2, 0.25) is 18.1 Å². The van der Waals surface area contributed by atoms with Crippen molar-refractivity contribution in [1.29, 1.82) is 0 Å². The lowest BCUT2D eigenvalue weighted by Gasteiger charge is -2.44. The van der Waals surface area contributed by atoms with Crippen LogP contribution in [0.5, 0.6) is 0 Å². The van der Waals surface area contributed by atoms with Crippen LogP contribution in [-0.4, -0.2) is 66.1 Å². The number of benzene rings is 2. The molecule has 0 aliphatic rings. The van der Waals surface area contributed by atoms with Crippen LogP contribution in [0, 0.1) is 0 Å². The van der Waals surface area contributed by atoms with E-state index < -0.39 is 50.9 Å². The molecular formula is C31H47N3O8Si. The second-order valence-electron chi connectivity index (χ2n) is 12.7. The molecule has 0 spiro atoms. The first-order valence-corrected chi connectivity index (χ1v) is 17.2. The van der Waals surface area contributed by atoms with Gasteiger partial charge in [0.1, 0.15) is 24.9 Å². The topological polar surface area (TPSA) is 127 Å². The maximum absolute atomic E-state index is 13.5. The Labute approximate surface area is 256 Å². The minimum Gasteiger partial charge on any atom is -0.443 e. The summed E-state index contributed by atoms with van der Waals surface area (Å²) < 4.78 is 22.9. The Morgan fingerprint density at radius 3 is 1.77 bits per heavy atom. The first-order chi connectivity index (χ1) is 19.9. The van der Waals surface area contributed by atoms with Gasteiger partial charge in [-0.15, -0.1) is 0 Å². The van der Waals surface area contributed by atoms with E-state index in [2.05, 4.69) is 5.43 Å². The summed E-state index contributed by atoms with van der Waals surface area (Å²) in [6.07, 6.45) is -2.73. The average molecular weight is 618 g/mol. The molecule has 0 saturated heterocycles. The van der Waals surface area contributed by atoms with Gasteiger partial charge in [-0.1, -0.05) is 81.4 Å². The van der Waals surface area contributed by atoms with Crippen molar-refractivity contribution in [3.05, 3.63) is 71.8 Å². The van der Waals surface area contributed by atoms with Crippen molar-refractivity contribution in [2.24, 2.45) is 0 Å². The third-order valence-electron chi connectivity index (χ3n) is 6.98. The number of hydrazine groups is 1. The molecule has 12 heteroatoms. The van der Waals surface area contributed by atoms with E-state index >= 15 is 0 Å². The monoisotopic (exact) mass is 617 g/mol. The minimum absolute atomic E-state index is 0.0581. The number of amides is 3. The van der Waals surface area contributed by atoms with E-state index in [1.807, 2.05) is 46.0 Å². The van der Waals surface area contributed by atoms with Crippen LogP contribution in [0.15, 0.2) is 60.7 Å². The number of ether oxygens (including phenoxy) is 3. The number of aliphatic hydroxyl groups excluding tert-OH is 1. The fourth-order valence-corrected chi connectivity index (χ4v) is 4.50. The molecular weight excluding hydrogens is 570 g/mol. The van der Waals surface area contributed by atoms with Crippen molar-refractivity contribution in [2.45, 2.75) is 97.5 Å². The number of hydroxylamine groups is 2. The average Bonchev–Trinajstić information content (AvgIpc) is 2.92. The third kappa shape index (κ3) is 11.2. The summed E-state index contributed by atoms with van der Waals surface area (Å²) in [5.74, 6) is 0. The highest BCUT2D eigenvalue weighted by molar-refractivity contribution is 6.74. The molecule has 2 rings (SSSR count). The van der Waals surface area contributed by atoms with Gasteiger partial charge in [0.05, 0.1) is 12.6 Å². The molecule has 0 radical (unpaired) electrons. The molecule has 2 atom stereocenters. The summed E-state index contributed by atoms with van der Waals surface area (Å²) in [5, 5.41) is 12.2. The molecule has 2 N–H and O–H groups in total. The fraction of sp³-hybridized carbons (Fsp3) is 0.516. The Morgan fingerprint density at radius 2 is 1.33 bits per heavy atom. The summed E-state index contributed by atoms with van der Waals surface area (Å²) in [6.45, 7) is 15.9. The number of nitrogens with zero attached hydrogens (tertiary/aromatic N) is 2. The lowest BCUT2D eigenvalue weighted by atomic mass is 10.1. The summed E-state index contributed by atoms with van der Waals surface area (Å²) in [6, 6.07) is 15.8. The molecule has 0 unspecified atom stereocenters. The zero-order valence-corrected chi connectivity index (χ0v) is 27.7. The van der Waals surface area contributed by atoms with Crippen molar-refractivity contribution < 1.29 is 38.2 Å². The lowest BCUT2D eigenvalue weighted by Crippen LogP contribution is -2.63. The van der Waals surface area contributed by atoms with Gasteiger partial charge in [0.25, 0.3) is 0 Å². The molecule has 2 aromatic carbocycles. The van der Waals surface area contributed by atoms with Crippen LogP contribution >= 0.6 is 0 Å². The summed E-state index contributed by atoms with van der Waals surface area (Å²) >= 11 is 0. The Balaban J connectivity index is 2.40. The van der Waals surface area contributed by atoms with E-state index in [-0.39, 0.29) is 18.3 Å². The SMILES string of the molecule is C[C@@H]([C@@H](CO)N(NC(=O)OCc1ccccc1)C(=O)OCc1ccccc1)N(O[Si](C)(C)C(C)(C)C)C(=O)OC(C)(C)C. The first-order valence-electron chi connectivity index (χ1n) is 14.2. The normalized spacial score (nSPS) is 13.3. The molecule has 0 fully saturated rings. The highest BCUT2D eigenvalue weighted by Gasteiger charge is 2.45. The predicted octanol–water partition coefficient (Wildman–Crippen LogP) is 6.39. The Bertz CT molecular complexity index is 1180. The van der Waals surface area contributed by atoms with Crippen molar-refractivity contribution in [3.8, 4) is 0 Å². The van der Waals surface area contributed by atoms with E-state index in [0.717, 1.165) is 15.6 Å². The summed E-state index contributed by atoms with van der Waals surface area (Å²) in [7, 11) is -2.63. The van der Waals surface area contributed by atoms with E-state index in [9.17, 15) is 19.5 Å². The Kier molecular flexibility index (Phi) is 12.6. The highest BCUT2D eigenvalue weighted by Crippen LogP contribution is 2.38. The predicted molar refractivity (Wildman–Crippen MR) is 165 cm³/mol. The quantitative estimate of drug-likeness (QED) is 0.178. The van der Waals surface area contributed by atoms with Crippen LogP contribution in [0.25, 0.3) is 0 Å². The highest BCUT2D eigenvalue weighted by atomic mass is 28.4. The number of carbonyl (C=O) groups excluding carboxylic acids is 3. The molecule has 0 aliphatic heterocycles. The summed E-state index contributed by atoms with van der Waals surface area (Å²) in [4.78, 5) is 39.8. The van der Waals surface area contributed by atoms with Gasteiger partial charge in [0, 0.05) is 0 Å². The van der Waals surface area contributed by atoms with Crippen molar-refractivity contribution >= 4 is 26.6 Å². The molecule has 11 nitrogen and oxygen atoms in total. The van der Waals surface area contributed by atoms with E-state index in [1.54, 1.807) is 76.2 Å². The van der Waals surface area contributed by atoms with Crippen molar-refractivity contribution in [3.63, 3.8) is 0 Å². The number of rotatable bonds is 10. The molecule has 0 heterocycles. The van der Waals surface area contributed by atoms with Crippen LogP contribution in [0.3, 0.4) is 0 Å². The molecule has 0 bridgehead atoms. The van der Waals surface area contributed by atoms with Gasteiger partial charge in [0.2, 0.25) is 8.32 Å². The maximum Gasteiger partial charge on any atom is 0.433 e. The Hall–Kier alpha value is -3.61. The van der Waals surface area contributed by atoms with Crippen molar-refractivity contribution in [2.75, 3.05) is 6.61 Å². The number of aliphatic hydroxyl groups is 1. The van der Waals surface area contributed by atoms with E-state index in [0.29, 0.717) is 5.56 Å². The smallest absolute Gasteiger partial charge is 0.433 e. The van der Waals surface area contributed by atoms with Gasteiger partial charge in [-0.05, 0) is 57.0 Å². The van der Waals surface area contributed by atoms with Gasteiger partial charge in [-0.25, -0.2) is 24.8 Å². The van der Waals surface area contributed by atoms with Crippen LogP contribution in [-0.2, 0) is 32.0 Å². The number of hydrogen-bond acceptors (Lipinski definition) is 8. The van der Waals surface area contributed by atoms with Gasteiger partial charge >= 0.3 is 18.3 Å². The number of hydrogen-bond donors (Lipinski definition) is 2. The molecule has 0 aromatic heterocycles. The van der Waals surface area contributed by atoms with Crippen LogP contribution < -0.4 is 5.43 Å². The van der Waals surface area contributed by atoms with E-state index in [4.69, 9.17) is 18.7 Å². The second kappa shape index (κ2) is 15.2. The second-order valence-corrected chi connectivity index (χ2v) is 17.4. The largest absolute Gasteiger partial charge is 0.443 e. The van der Waals surface area contributed by atoms with Crippen LogP contribution in [0.4, 0.5) is 14.4 Å². The molecule has 3 amide bonds. The van der Waals surface area contributed by atoms with Crippen molar-refractivity contribution in [1.82, 2.24) is 15.5 Å². The van der Waals surface area contributed by atoms with E-state index in [1.165, 1.54) is 0 Å². The maximum atomic E-state index is 13.5. The van der Waals surface area contributed by atoms with Gasteiger partial charge in [-0.3, -0.25) is 0 Å². The van der Waals surface area contributed by atoms with Gasteiger partial charge in [0.15, 0.2) is 0 Å². The minimum atomic E-state index is -2.63. The molecule has 43 heavy (non-hydrogen) atoms. The van der Waals surface area contributed by atoms with Crippen LogP contribution in [0.1, 0.15) is 59.6 Å². The zero-order chi connectivity index (χ0) is 32.4. The lowest BCUT2D eigenvalue weighted by molar-refractivity contribution is -0.125. The fourth-order valence-electron chi connectivity index (χ4n) is 3.49. The third-order valence-corrected chi connectivity index (χ3v) is 11.2. The molecule has 238 valence electrons. The Morgan fingerprint density at radius 1 is 0.837 bits per heavy atom.